The molecule has 108 valence electrons. The number of fused-ring (bicyclic) bond motifs is 2. The summed E-state index contributed by atoms with van der Waals surface area (Å²) in [6, 6.07) is 10.7. The number of hydrogen-bond donors (Lipinski definition) is 0. The minimum absolute atomic E-state index is 0.206. The molecule has 0 radical (unpaired) electrons. The maximum Gasteiger partial charge on any atom is 0.213 e. The van der Waals surface area contributed by atoms with Gasteiger partial charge in [0.15, 0.2) is 5.82 Å². The van der Waals surface area contributed by atoms with E-state index in [0.717, 1.165) is 6.20 Å². The number of methoxy groups -OCH3 is 1. The van der Waals surface area contributed by atoms with Gasteiger partial charge in [0.1, 0.15) is 16.7 Å². The van der Waals surface area contributed by atoms with E-state index in [1.54, 1.807) is 12.1 Å². The quantitative estimate of drug-likeness (QED) is 0.568. The Bertz CT molecular complexity index is 998. The van der Waals surface area contributed by atoms with Gasteiger partial charge in [-0.05, 0) is 18.2 Å². The van der Waals surface area contributed by atoms with Crippen molar-refractivity contribution in [1.82, 2.24) is 25.0 Å². The van der Waals surface area contributed by atoms with E-state index in [1.165, 1.54) is 11.8 Å². The third kappa shape index (κ3) is 1.79. The van der Waals surface area contributed by atoms with Crippen LogP contribution in [0.15, 0.2) is 42.6 Å². The highest BCUT2D eigenvalue weighted by Crippen LogP contribution is 2.26. The number of benzene rings is 1. The van der Waals surface area contributed by atoms with Gasteiger partial charge in [-0.25, -0.2) is 14.1 Å². The third-order valence-electron chi connectivity index (χ3n) is 3.39. The minimum Gasteiger partial charge on any atom is -0.481 e. The number of rotatable bonds is 2. The second-order valence-electron chi connectivity index (χ2n) is 4.67. The standard InChI is InChI=1S/C15H10FN5O/c1-22-13-7-6-11-14(18-13)15(9(16)8-17-11)21-12-5-3-2-4-10(12)19-20-21/h2-8H,1H3. The fraction of sp³-hybridized carbons (Fsp3) is 0.0667. The molecular formula is C15H10FN5O. The molecule has 0 spiro atoms. The van der Waals surface area contributed by atoms with Crippen LogP contribution in [0.2, 0.25) is 0 Å². The van der Waals surface area contributed by atoms with Crippen molar-refractivity contribution >= 4 is 22.1 Å². The maximum absolute atomic E-state index is 14.4. The summed E-state index contributed by atoms with van der Waals surface area (Å²) in [4.78, 5) is 8.36. The summed E-state index contributed by atoms with van der Waals surface area (Å²) >= 11 is 0. The molecule has 0 aliphatic rings. The normalized spacial score (nSPS) is 11.2. The Hall–Kier alpha value is -3.09. The van der Waals surface area contributed by atoms with E-state index in [-0.39, 0.29) is 5.69 Å². The van der Waals surface area contributed by atoms with Gasteiger partial charge < -0.3 is 4.74 Å². The van der Waals surface area contributed by atoms with Gasteiger partial charge in [0.2, 0.25) is 5.88 Å². The number of pyridine rings is 2. The molecule has 0 fully saturated rings. The van der Waals surface area contributed by atoms with E-state index < -0.39 is 5.82 Å². The number of ether oxygens (including phenoxy) is 1. The Morgan fingerprint density at radius 2 is 1.95 bits per heavy atom. The summed E-state index contributed by atoms with van der Waals surface area (Å²) in [5.41, 5.74) is 2.50. The number of halogens is 1. The number of nitrogens with zero attached hydrogens (tertiary/aromatic N) is 5. The highest BCUT2D eigenvalue weighted by Gasteiger charge is 2.16. The van der Waals surface area contributed by atoms with Crippen LogP contribution in [0.4, 0.5) is 4.39 Å². The smallest absolute Gasteiger partial charge is 0.213 e. The first kappa shape index (κ1) is 12.6. The van der Waals surface area contributed by atoms with Gasteiger partial charge in [-0.15, -0.1) is 5.10 Å². The van der Waals surface area contributed by atoms with Crippen LogP contribution >= 0.6 is 0 Å². The van der Waals surface area contributed by atoms with Crippen LogP contribution in [-0.4, -0.2) is 32.1 Å². The monoisotopic (exact) mass is 295 g/mol. The van der Waals surface area contributed by atoms with Crippen molar-refractivity contribution in [2.75, 3.05) is 7.11 Å². The SMILES string of the molecule is COc1ccc2ncc(F)c(-n3nnc4ccccc43)c2n1. The Balaban J connectivity index is 2.11. The molecule has 4 aromatic rings. The highest BCUT2D eigenvalue weighted by molar-refractivity contribution is 5.86. The molecule has 3 heterocycles. The predicted octanol–water partition coefficient (Wildman–Crippen LogP) is 2.51. The van der Waals surface area contributed by atoms with Crippen LogP contribution in [0.5, 0.6) is 5.88 Å². The molecule has 0 atom stereocenters. The van der Waals surface area contributed by atoms with Crippen LogP contribution in [0.1, 0.15) is 0 Å². The first-order valence-corrected chi connectivity index (χ1v) is 6.58. The van der Waals surface area contributed by atoms with Crippen molar-refractivity contribution < 1.29 is 9.13 Å². The van der Waals surface area contributed by atoms with E-state index in [2.05, 4.69) is 20.3 Å². The third-order valence-corrected chi connectivity index (χ3v) is 3.39. The van der Waals surface area contributed by atoms with Crippen molar-refractivity contribution in [2.24, 2.45) is 0 Å². The molecule has 22 heavy (non-hydrogen) atoms. The van der Waals surface area contributed by atoms with E-state index in [4.69, 9.17) is 4.74 Å². The van der Waals surface area contributed by atoms with Crippen molar-refractivity contribution in [1.29, 1.82) is 0 Å². The first-order valence-electron chi connectivity index (χ1n) is 6.58. The van der Waals surface area contributed by atoms with Crippen molar-refractivity contribution in [3.8, 4) is 11.6 Å². The largest absolute Gasteiger partial charge is 0.481 e. The molecule has 0 saturated carbocycles. The summed E-state index contributed by atoms with van der Waals surface area (Å²) in [7, 11) is 1.51. The molecular weight excluding hydrogens is 285 g/mol. The van der Waals surface area contributed by atoms with Crippen molar-refractivity contribution in [2.45, 2.75) is 0 Å². The number of para-hydroxylation sites is 1. The van der Waals surface area contributed by atoms with Crippen molar-refractivity contribution in [3.63, 3.8) is 0 Å². The van der Waals surface area contributed by atoms with Gasteiger partial charge in [0.25, 0.3) is 0 Å². The summed E-state index contributed by atoms with van der Waals surface area (Å²) in [5, 5.41) is 8.10. The van der Waals surface area contributed by atoms with Crippen LogP contribution < -0.4 is 4.74 Å². The molecule has 1 aromatic carbocycles. The molecule has 3 aromatic heterocycles. The average molecular weight is 295 g/mol. The molecule has 0 N–H and O–H groups in total. The van der Waals surface area contributed by atoms with Gasteiger partial charge in [0, 0.05) is 6.07 Å². The van der Waals surface area contributed by atoms with Crippen LogP contribution in [0.25, 0.3) is 27.8 Å². The number of hydrogen-bond acceptors (Lipinski definition) is 5. The minimum atomic E-state index is -0.524. The highest BCUT2D eigenvalue weighted by atomic mass is 19.1. The second kappa shape index (κ2) is 4.73. The molecule has 0 aliphatic carbocycles. The summed E-state index contributed by atoms with van der Waals surface area (Å²) in [6.07, 6.45) is 1.16. The van der Waals surface area contributed by atoms with E-state index in [9.17, 15) is 4.39 Å². The Kier molecular flexibility index (Phi) is 2.72. The molecule has 0 aliphatic heterocycles. The lowest BCUT2D eigenvalue weighted by atomic mass is 10.2. The molecule has 0 amide bonds. The van der Waals surface area contributed by atoms with E-state index >= 15 is 0 Å². The second-order valence-corrected chi connectivity index (χ2v) is 4.67. The van der Waals surface area contributed by atoms with Crippen LogP contribution in [0, 0.1) is 5.82 Å². The zero-order valence-electron chi connectivity index (χ0n) is 11.6. The van der Waals surface area contributed by atoms with E-state index in [0.29, 0.717) is 27.9 Å². The van der Waals surface area contributed by atoms with Crippen LogP contribution in [0.3, 0.4) is 0 Å². The molecule has 6 nitrogen and oxygen atoms in total. The molecule has 7 heteroatoms. The Morgan fingerprint density at radius 3 is 2.82 bits per heavy atom. The van der Waals surface area contributed by atoms with Gasteiger partial charge in [-0.2, -0.15) is 0 Å². The molecule has 4 rings (SSSR count). The van der Waals surface area contributed by atoms with Gasteiger partial charge in [-0.1, -0.05) is 17.3 Å². The fourth-order valence-electron chi connectivity index (χ4n) is 2.36. The zero-order valence-corrected chi connectivity index (χ0v) is 11.6. The van der Waals surface area contributed by atoms with Gasteiger partial charge in [-0.3, -0.25) is 4.98 Å². The molecule has 0 saturated heterocycles. The maximum atomic E-state index is 14.4. The van der Waals surface area contributed by atoms with E-state index in [1.807, 2.05) is 24.3 Å². The lowest BCUT2D eigenvalue weighted by Crippen LogP contribution is -2.04. The summed E-state index contributed by atoms with van der Waals surface area (Å²) < 4.78 is 21.0. The van der Waals surface area contributed by atoms with Crippen molar-refractivity contribution in [3.05, 3.63) is 48.4 Å². The lowest BCUT2D eigenvalue weighted by Gasteiger charge is -2.08. The predicted molar refractivity (Wildman–Crippen MR) is 78.5 cm³/mol. The van der Waals surface area contributed by atoms with Gasteiger partial charge in [0.05, 0.1) is 24.3 Å². The number of aromatic nitrogens is 5. The Morgan fingerprint density at radius 1 is 1.09 bits per heavy atom. The molecule has 0 bridgehead atoms. The topological polar surface area (TPSA) is 65.7 Å². The van der Waals surface area contributed by atoms with Crippen LogP contribution in [-0.2, 0) is 0 Å². The zero-order chi connectivity index (χ0) is 15.1. The molecule has 0 unspecified atom stereocenters. The summed E-state index contributed by atoms with van der Waals surface area (Å²) in [6.45, 7) is 0. The Labute approximate surface area is 124 Å². The fourth-order valence-corrected chi connectivity index (χ4v) is 2.36. The summed E-state index contributed by atoms with van der Waals surface area (Å²) in [5.74, 6) is -0.144. The lowest BCUT2D eigenvalue weighted by molar-refractivity contribution is 0.399. The first-order chi connectivity index (χ1) is 10.8. The average Bonchev–Trinajstić information content (AvgIpc) is 2.98. The van der Waals surface area contributed by atoms with Gasteiger partial charge >= 0.3 is 0 Å².